The van der Waals surface area contributed by atoms with Gasteiger partial charge in [-0.2, -0.15) is 0 Å². The minimum Gasteiger partial charge on any atom is -0.444 e. The van der Waals surface area contributed by atoms with Gasteiger partial charge in [0.05, 0.1) is 0 Å². The molecule has 4 atom stereocenters. The number of hydrogen-bond donors (Lipinski definition) is 0. The Hall–Kier alpha value is -1.55. The molecule has 1 amide bonds. The second-order valence-corrected chi connectivity index (χ2v) is 7.83. The molecule has 2 heterocycles. The van der Waals surface area contributed by atoms with Crippen LogP contribution in [0.1, 0.15) is 45.7 Å². The van der Waals surface area contributed by atoms with Crippen molar-refractivity contribution in [3.63, 3.8) is 0 Å². The second-order valence-electron chi connectivity index (χ2n) is 7.83. The van der Waals surface area contributed by atoms with Gasteiger partial charge in [-0.15, -0.1) is 0 Å². The lowest BCUT2D eigenvalue weighted by Gasteiger charge is -2.24. The van der Waals surface area contributed by atoms with Gasteiger partial charge in [0, 0.05) is 31.7 Å². The molecule has 0 spiro atoms. The molecule has 0 aromatic heterocycles. The fourth-order valence-corrected chi connectivity index (χ4v) is 3.55. The summed E-state index contributed by atoms with van der Waals surface area (Å²) in [5, 5.41) is 0. The van der Waals surface area contributed by atoms with E-state index in [1.807, 2.05) is 25.7 Å². The van der Waals surface area contributed by atoms with E-state index in [0.717, 1.165) is 26.1 Å². The van der Waals surface area contributed by atoms with Crippen LogP contribution < -0.4 is 0 Å². The van der Waals surface area contributed by atoms with E-state index >= 15 is 0 Å². The molecule has 126 valence electrons. The summed E-state index contributed by atoms with van der Waals surface area (Å²) in [7, 11) is 0. The fraction of sp³-hybridized carbons (Fsp3) is 0.632. The van der Waals surface area contributed by atoms with Crippen molar-refractivity contribution in [2.75, 3.05) is 19.6 Å². The van der Waals surface area contributed by atoms with Gasteiger partial charge in [-0.3, -0.25) is 4.90 Å². The average molecular weight is 316 g/mol. The normalized spacial score (nSPS) is 28.5. The second kappa shape index (κ2) is 6.16. The zero-order valence-electron chi connectivity index (χ0n) is 14.7. The fourth-order valence-electron chi connectivity index (χ4n) is 3.55. The highest BCUT2D eigenvalue weighted by atomic mass is 16.6. The predicted molar refractivity (Wildman–Crippen MR) is 91.3 cm³/mol. The number of likely N-dealkylation sites (tertiary alicyclic amines) is 1. The molecule has 0 radical (unpaired) electrons. The van der Waals surface area contributed by atoms with Crippen LogP contribution in [0.4, 0.5) is 4.79 Å². The van der Waals surface area contributed by atoms with Gasteiger partial charge < -0.3 is 9.64 Å². The van der Waals surface area contributed by atoms with Crippen molar-refractivity contribution in [1.29, 1.82) is 0 Å². The van der Waals surface area contributed by atoms with Gasteiger partial charge >= 0.3 is 6.09 Å². The molecule has 4 heteroatoms. The molecule has 0 aliphatic carbocycles. The molecule has 4 nitrogen and oxygen atoms in total. The minimum atomic E-state index is -0.414. The molecule has 2 aliphatic heterocycles. The van der Waals surface area contributed by atoms with Crippen molar-refractivity contribution in [2.24, 2.45) is 5.92 Å². The Morgan fingerprint density at radius 1 is 1.22 bits per heavy atom. The topological polar surface area (TPSA) is 32.5 Å². The predicted octanol–water partition coefficient (Wildman–Crippen LogP) is 3.69. The highest BCUT2D eigenvalue weighted by Crippen LogP contribution is 2.39. The first-order chi connectivity index (χ1) is 10.8. The van der Waals surface area contributed by atoms with Crippen LogP contribution in [0.2, 0.25) is 0 Å². The number of carbonyl (C=O) groups excluding carboxylic acids is 1. The third kappa shape index (κ3) is 3.86. The zero-order chi connectivity index (χ0) is 16.6. The lowest BCUT2D eigenvalue weighted by molar-refractivity contribution is 0.0287. The number of carbonyl (C=O) groups is 1. The molecular formula is C19H28N2O2. The summed E-state index contributed by atoms with van der Waals surface area (Å²) in [5.74, 6) is 0.577. The van der Waals surface area contributed by atoms with Gasteiger partial charge in [-0.1, -0.05) is 30.3 Å². The van der Waals surface area contributed by atoms with Crippen molar-refractivity contribution in [3.8, 4) is 0 Å². The molecule has 2 aliphatic rings. The SMILES string of the molecule is C[C@@H](c1ccccc1)N1C[C@H]1C1CCN(C(=O)OC(C)(C)C)C1. The van der Waals surface area contributed by atoms with Crippen molar-refractivity contribution < 1.29 is 9.53 Å². The molecule has 0 N–H and O–H groups in total. The van der Waals surface area contributed by atoms with Gasteiger partial charge in [-0.05, 0) is 45.6 Å². The van der Waals surface area contributed by atoms with Crippen LogP contribution in [0.5, 0.6) is 0 Å². The lowest BCUT2D eigenvalue weighted by Crippen LogP contribution is -2.35. The molecule has 23 heavy (non-hydrogen) atoms. The van der Waals surface area contributed by atoms with Crippen LogP contribution in [-0.4, -0.2) is 47.2 Å². The van der Waals surface area contributed by atoms with Crippen molar-refractivity contribution >= 4 is 6.09 Å². The summed E-state index contributed by atoms with van der Waals surface area (Å²) >= 11 is 0. The molecule has 2 fully saturated rings. The number of ether oxygens (including phenoxy) is 1. The standard InChI is InChI=1S/C19H28N2O2/c1-14(15-8-6-5-7-9-15)21-13-17(21)16-10-11-20(12-16)18(22)23-19(2,3)4/h5-9,14,16-17H,10-13H2,1-4H3/t14-,16?,17-,21?/m0/s1. The van der Waals surface area contributed by atoms with Crippen LogP contribution >= 0.6 is 0 Å². The Labute approximate surface area is 139 Å². The minimum absolute atomic E-state index is 0.164. The Balaban J connectivity index is 1.52. The van der Waals surface area contributed by atoms with E-state index in [-0.39, 0.29) is 6.09 Å². The van der Waals surface area contributed by atoms with E-state index in [4.69, 9.17) is 4.74 Å². The molecule has 0 bridgehead atoms. The summed E-state index contributed by atoms with van der Waals surface area (Å²) in [6.45, 7) is 10.8. The van der Waals surface area contributed by atoms with E-state index < -0.39 is 5.60 Å². The summed E-state index contributed by atoms with van der Waals surface area (Å²) < 4.78 is 5.49. The van der Waals surface area contributed by atoms with Crippen LogP contribution in [0, 0.1) is 5.92 Å². The average Bonchev–Trinajstić information content (AvgIpc) is 3.14. The highest BCUT2D eigenvalue weighted by Gasteiger charge is 2.46. The molecule has 2 unspecified atom stereocenters. The Morgan fingerprint density at radius 2 is 1.91 bits per heavy atom. The Morgan fingerprint density at radius 3 is 2.57 bits per heavy atom. The first kappa shape index (κ1) is 16.3. The highest BCUT2D eigenvalue weighted by molar-refractivity contribution is 5.68. The molecule has 1 aromatic rings. The van der Waals surface area contributed by atoms with Crippen molar-refractivity contribution in [1.82, 2.24) is 9.80 Å². The van der Waals surface area contributed by atoms with E-state index in [0.29, 0.717) is 18.0 Å². The monoisotopic (exact) mass is 316 g/mol. The zero-order valence-corrected chi connectivity index (χ0v) is 14.7. The maximum Gasteiger partial charge on any atom is 0.410 e. The van der Waals surface area contributed by atoms with Gasteiger partial charge in [0.1, 0.15) is 5.60 Å². The lowest BCUT2D eigenvalue weighted by atomic mass is 10.0. The van der Waals surface area contributed by atoms with Gasteiger partial charge in [-0.25, -0.2) is 4.79 Å². The quantitative estimate of drug-likeness (QED) is 0.797. The van der Waals surface area contributed by atoms with E-state index in [2.05, 4.69) is 42.2 Å². The number of rotatable bonds is 3. The third-order valence-electron chi connectivity index (χ3n) is 4.89. The first-order valence-corrected chi connectivity index (χ1v) is 8.64. The van der Waals surface area contributed by atoms with Gasteiger partial charge in [0.25, 0.3) is 0 Å². The Kier molecular flexibility index (Phi) is 4.37. The molecule has 0 saturated carbocycles. The van der Waals surface area contributed by atoms with Crippen LogP contribution in [0.3, 0.4) is 0 Å². The third-order valence-corrected chi connectivity index (χ3v) is 4.89. The van der Waals surface area contributed by atoms with E-state index in [9.17, 15) is 4.79 Å². The van der Waals surface area contributed by atoms with Crippen LogP contribution in [0.15, 0.2) is 30.3 Å². The number of nitrogens with zero attached hydrogens (tertiary/aromatic N) is 2. The molecular weight excluding hydrogens is 288 g/mol. The van der Waals surface area contributed by atoms with Crippen molar-refractivity contribution in [3.05, 3.63) is 35.9 Å². The first-order valence-electron chi connectivity index (χ1n) is 8.64. The Bertz CT molecular complexity index is 552. The van der Waals surface area contributed by atoms with Crippen molar-refractivity contribution in [2.45, 2.75) is 51.8 Å². The van der Waals surface area contributed by atoms with E-state index in [1.165, 1.54) is 5.56 Å². The largest absolute Gasteiger partial charge is 0.444 e. The smallest absolute Gasteiger partial charge is 0.410 e. The maximum absolute atomic E-state index is 12.2. The van der Waals surface area contributed by atoms with Crippen LogP contribution in [-0.2, 0) is 4.74 Å². The number of hydrogen-bond acceptors (Lipinski definition) is 3. The summed E-state index contributed by atoms with van der Waals surface area (Å²) in [6, 6.07) is 11.7. The number of amides is 1. The molecule has 3 rings (SSSR count). The van der Waals surface area contributed by atoms with Crippen LogP contribution in [0.25, 0.3) is 0 Å². The van der Waals surface area contributed by atoms with Gasteiger partial charge in [0.2, 0.25) is 0 Å². The summed E-state index contributed by atoms with van der Waals surface area (Å²) in [6.07, 6.45) is 0.922. The summed E-state index contributed by atoms with van der Waals surface area (Å²) in [4.78, 5) is 16.6. The molecule has 1 aromatic carbocycles. The van der Waals surface area contributed by atoms with Gasteiger partial charge in [0.15, 0.2) is 0 Å². The molecule has 2 saturated heterocycles. The number of benzene rings is 1. The van der Waals surface area contributed by atoms with E-state index in [1.54, 1.807) is 0 Å². The maximum atomic E-state index is 12.2. The summed E-state index contributed by atoms with van der Waals surface area (Å²) in [5.41, 5.74) is 0.958.